The molecular weight excluding hydrogens is 222 g/mol. The smallest absolute Gasteiger partial charge is 0.195 e. The summed E-state index contributed by atoms with van der Waals surface area (Å²) in [4.78, 5) is 0. The van der Waals surface area contributed by atoms with Gasteiger partial charge in [-0.15, -0.1) is 0 Å². The van der Waals surface area contributed by atoms with Crippen molar-refractivity contribution < 1.29 is 4.42 Å². The summed E-state index contributed by atoms with van der Waals surface area (Å²) in [5.74, 6) is 3.51. The second-order valence-electron chi connectivity index (χ2n) is 4.26. The fraction of sp³-hybridized carbons (Fsp3) is 0.455. The lowest BCUT2D eigenvalue weighted by Crippen LogP contribution is -2.03. The Morgan fingerprint density at radius 1 is 1.56 bits per heavy atom. The number of hydrogen-bond donors (Lipinski definition) is 1. The van der Waals surface area contributed by atoms with E-state index in [1.54, 1.807) is 0 Å². The number of nitrogens with zero attached hydrogens (tertiary/aromatic N) is 2. The first-order valence-electron chi connectivity index (χ1n) is 5.44. The van der Waals surface area contributed by atoms with E-state index in [4.69, 9.17) is 16.6 Å². The van der Waals surface area contributed by atoms with Crippen molar-refractivity contribution >= 4 is 12.2 Å². The van der Waals surface area contributed by atoms with Gasteiger partial charge >= 0.3 is 0 Å². The third kappa shape index (κ3) is 1.71. The van der Waals surface area contributed by atoms with E-state index in [0.29, 0.717) is 17.2 Å². The van der Waals surface area contributed by atoms with Gasteiger partial charge in [-0.1, -0.05) is 0 Å². The van der Waals surface area contributed by atoms with Gasteiger partial charge in [-0.2, -0.15) is 5.10 Å². The molecule has 16 heavy (non-hydrogen) atoms. The van der Waals surface area contributed by atoms with Crippen molar-refractivity contribution in [2.24, 2.45) is 0 Å². The first-order chi connectivity index (χ1) is 7.74. The Morgan fingerprint density at radius 2 is 2.38 bits per heavy atom. The Bertz CT molecular complexity index is 562. The van der Waals surface area contributed by atoms with Gasteiger partial charge in [0.15, 0.2) is 4.77 Å². The van der Waals surface area contributed by atoms with E-state index in [-0.39, 0.29) is 0 Å². The SMILES string of the molecule is Cc1ccc(Cn2c(C3CC3)n[nH]c2=S)o1. The molecule has 0 radical (unpaired) electrons. The molecule has 84 valence electrons. The van der Waals surface area contributed by atoms with Crippen LogP contribution in [0.1, 0.15) is 36.1 Å². The van der Waals surface area contributed by atoms with Crippen LogP contribution in [0.3, 0.4) is 0 Å². The van der Waals surface area contributed by atoms with Gasteiger partial charge in [-0.25, -0.2) is 0 Å². The summed E-state index contributed by atoms with van der Waals surface area (Å²) in [5.41, 5.74) is 0. The number of H-pyrrole nitrogens is 1. The molecule has 0 amide bonds. The molecule has 3 rings (SSSR count). The normalized spacial score (nSPS) is 15.6. The van der Waals surface area contributed by atoms with E-state index in [0.717, 1.165) is 17.3 Å². The van der Waals surface area contributed by atoms with Crippen molar-refractivity contribution in [2.45, 2.75) is 32.2 Å². The average molecular weight is 235 g/mol. The number of aromatic nitrogens is 3. The summed E-state index contributed by atoms with van der Waals surface area (Å²) in [6.45, 7) is 2.62. The maximum Gasteiger partial charge on any atom is 0.195 e. The molecule has 1 fully saturated rings. The highest BCUT2D eigenvalue weighted by molar-refractivity contribution is 7.71. The minimum Gasteiger partial charge on any atom is -0.464 e. The second kappa shape index (κ2) is 3.59. The fourth-order valence-corrected chi connectivity index (χ4v) is 2.07. The van der Waals surface area contributed by atoms with Crippen LogP contribution < -0.4 is 0 Å². The lowest BCUT2D eigenvalue weighted by atomic mass is 10.3. The van der Waals surface area contributed by atoms with Gasteiger partial charge in [0.1, 0.15) is 17.3 Å². The third-order valence-electron chi connectivity index (χ3n) is 2.84. The number of rotatable bonds is 3. The molecule has 0 aromatic carbocycles. The van der Waals surface area contributed by atoms with E-state index >= 15 is 0 Å². The van der Waals surface area contributed by atoms with E-state index in [9.17, 15) is 0 Å². The second-order valence-corrected chi connectivity index (χ2v) is 4.65. The van der Waals surface area contributed by atoms with Crippen molar-refractivity contribution in [2.75, 3.05) is 0 Å². The van der Waals surface area contributed by atoms with Gasteiger partial charge in [0.05, 0.1) is 6.54 Å². The Labute approximate surface area is 98.3 Å². The molecule has 0 atom stereocenters. The zero-order valence-corrected chi connectivity index (χ0v) is 9.88. The van der Waals surface area contributed by atoms with Gasteiger partial charge in [0, 0.05) is 5.92 Å². The maximum atomic E-state index is 5.56. The molecule has 0 bridgehead atoms. The minimum absolute atomic E-state index is 0.587. The summed E-state index contributed by atoms with van der Waals surface area (Å²) in [6.07, 6.45) is 2.44. The number of aromatic amines is 1. The van der Waals surface area contributed by atoms with Crippen LogP contribution in [0, 0.1) is 11.7 Å². The minimum atomic E-state index is 0.587. The maximum absolute atomic E-state index is 5.56. The Hall–Kier alpha value is -1.36. The molecule has 2 heterocycles. The molecule has 2 aromatic rings. The molecule has 1 N–H and O–H groups in total. The lowest BCUT2D eigenvalue weighted by molar-refractivity contribution is 0.465. The monoisotopic (exact) mass is 235 g/mol. The molecular formula is C11H13N3OS. The molecule has 5 heteroatoms. The van der Waals surface area contributed by atoms with E-state index in [1.165, 1.54) is 12.8 Å². The fourth-order valence-electron chi connectivity index (χ4n) is 1.86. The number of hydrogen-bond acceptors (Lipinski definition) is 3. The summed E-state index contributed by atoms with van der Waals surface area (Å²) in [6, 6.07) is 3.95. The third-order valence-corrected chi connectivity index (χ3v) is 3.15. The Morgan fingerprint density at radius 3 is 3.00 bits per heavy atom. The number of furan rings is 1. The molecule has 2 aromatic heterocycles. The van der Waals surface area contributed by atoms with Crippen LogP contribution >= 0.6 is 12.2 Å². The molecule has 0 aliphatic heterocycles. The quantitative estimate of drug-likeness (QED) is 0.832. The average Bonchev–Trinajstić information content (AvgIpc) is 2.93. The first-order valence-corrected chi connectivity index (χ1v) is 5.85. The Kier molecular flexibility index (Phi) is 2.21. The molecule has 0 spiro atoms. The van der Waals surface area contributed by atoms with Gasteiger partial charge in [-0.3, -0.25) is 9.67 Å². The molecule has 4 nitrogen and oxygen atoms in total. The lowest BCUT2D eigenvalue weighted by Gasteiger charge is -2.03. The van der Waals surface area contributed by atoms with Crippen LogP contribution in [0.2, 0.25) is 0 Å². The van der Waals surface area contributed by atoms with Gasteiger partial charge in [0.25, 0.3) is 0 Å². The Balaban J connectivity index is 1.93. The van der Waals surface area contributed by atoms with Crippen LogP contribution in [-0.2, 0) is 6.54 Å². The van der Waals surface area contributed by atoms with Crippen LogP contribution in [0.15, 0.2) is 16.5 Å². The zero-order chi connectivity index (χ0) is 11.1. The van der Waals surface area contributed by atoms with Crippen molar-refractivity contribution in [3.05, 3.63) is 34.2 Å². The summed E-state index contributed by atoms with van der Waals surface area (Å²) < 4.78 is 8.27. The summed E-state index contributed by atoms with van der Waals surface area (Å²) in [5, 5.41) is 7.14. The molecule has 1 saturated carbocycles. The van der Waals surface area contributed by atoms with Gasteiger partial charge in [0.2, 0.25) is 0 Å². The van der Waals surface area contributed by atoms with Crippen LogP contribution in [-0.4, -0.2) is 14.8 Å². The highest BCUT2D eigenvalue weighted by Gasteiger charge is 2.29. The standard InChI is InChI=1S/C11H13N3OS/c1-7-2-5-9(15-7)6-14-10(8-3-4-8)12-13-11(14)16/h2,5,8H,3-4,6H2,1H3,(H,13,16). The first kappa shape index (κ1) is 9.84. The van der Waals surface area contributed by atoms with E-state index in [1.807, 2.05) is 23.6 Å². The van der Waals surface area contributed by atoms with E-state index < -0.39 is 0 Å². The van der Waals surface area contributed by atoms with Crippen molar-refractivity contribution in [3.8, 4) is 0 Å². The van der Waals surface area contributed by atoms with Crippen molar-refractivity contribution in [1.29, 1.82) is 0 Å². The highest BCUT2D eigenvalue weighted by Crippen LogP contribution is 2.39. The van der Waals surface area contributed by atoms with E-state index in [2.05, 4.69) is 10.2 Å². The van der Waals surface area contributed by atoms with Crippen LogP contribution in [0.5, 0.6) is 0 Å². The molecule has 0 saturated heterocycles. The number of nitrogens with one attached hydrogen (secondary N) is 1. The van der Waals surface area contributed by atoms with Gasteiger partial charge in [-0.05, 0) is 44.1 Å². The molecule has 1 aliphatic carbocycles. The van der Waals surface area contributed by atoms with Crippen LogP contribution in [0.4, 0.5) is 0 Å². The molecule has 0 unspecified atom stereocenters. The predicted octanol–water partition coefficient (Wildman–Crippen LogP) is 2.77. The summed E-state index contributed by atoms with van der Waals surface area (Å²) >= 11 is 5.23. The topological polar surface area (TPSA) is 46.8 Å². The van der Waals surface area contributed by atoms with Crippen molar-refractivity contribution in [3.63, 3.8) is 0 Å². The summed E-state index contributed by atoms with van der Waals surface area (Å²) in [7, 11) is 0. The van der Waals surface area contributed by atoms with Crippen molar-refractivity contribution in [1.82, 2.24) is 14.8 Å². The highest BCUT2D eigenvalue weighted by atomic mass is 32.1. The van der Waals surface area contributed by atoms with Crippen LogP contribution in [0.25, 0.3) is 0 Å². The van der Waals surface area contributed by atoms with Gasteiger partial charge < -0.3 is 4.42 Å². The number of aryl methyl sites for hydroxylation is 1. The molecule has 1 aliphatic rings. The zero-order valence-electron chi connectivity index (χ0n) is 9.06. The predicted molar refractivity (Wildman–Crippen MR) is 61.9 cm³/mol. The largest absolute Gasteiger partial charge is 0.464 e.